The van der Waals surface area contributed by atoms with Gasteiger partial charge in [0, 0.05) is 6.07 Å². The van der Waals surface area contributed by atoms with Crippen molar-refractivity contribution in [3.63, 3.8) is 0 Å². The van der Waals surface area contributed by atoms with E-state index < -0.39 is 0 Å². The molecule has 1 aliphatic carbocycles. The number of halogens is 1. The van der Waals surface area contributed by atoms with Gasteiger partial charge in [0.25, 0.3) is 0 Å². The molecule has 2 rings (SSSR count). The maximum atomic E-state index is 6.90. The molecule has 0 bridgehead atoms. The summed E-state index contributed by atoms with van der Waals surface area (Å²) in [5, 5.41) is 0. The van der Waals surface area contributed by atoms with Gasteiger partial charge >= 0.3 is 0 Å². The molecule has 0 heterocycles. The van der Waals surface area contributed by atoms with Crippen molar-refractivity contribution in [2.24, 2.45) is 10.8 Å². The van der Waals surface area contributed by atoms with Crippen LogP contribution < -0.4 is 9.47 Å². The summed E-state index contributed by atoms with van der Waals surface area (Å²) in [6, 6.07) is 5.88. The predicted octanol–water partition coefficient (Wildman–Crippen LogP) is 4.20. The minimum atomic E-state index is -0.373. The number of alkyl halides is 1. The average molecular weight is 269 g/mol. The van der Waals surface area contributed by atoms with E-state index in [1.165, 1.54) is 0 Å². The molecular formula is C15H21ClO2. The molecular weight excluding hydrogens is 248 g/mol. The summed E-state index contributed by atoms with van der Waals surface area (Å²) in [5.74, 6) is 1.56. The van der Waals surface area contributed by atoms with E-state index in [1.807, 2.05) is 18.2 Å². The number of rotatable bonds is 3. The van der Waals surface area contributed by atoms with E-state index >= 15 is 0 Å². The summed E-state index contributed by atoms with van der Waals surface area (Å²) < 4.78 is 10.6. The van der Waals surface area contributed by atoms with Gasteiger partial charge in [-0.05, 0) is 28.5 Å². The maximum Gasteiger partial charge on any atom is 0.122 e. The van der Waals surface area contributed by atoms with Gasteiger partial charge in [-0.15, -0.1) is 11.6 Å². The standard InChI is InChI=1S/C15H21ClO2/c1-13(2)14(3,4)15(13,16)10-7-11(17-5)9-12(8-10)18-6/h7-9H,1-6H3. The Morgan fingerprint density at radius 3 is 1.50 bits per heavy atom. The highest BCUT2D eigenvalue weighted by molar-refractivity contribution is 6.27. The highest BCUT2D eigenvalue weighted by Crippen LogP contribution is 2.80. The highest BCUT2D eigenvalue weighted by Gasteiger charge is 2.77. The number of methoxy groups -OCH3 is 2. The SMILES string of the molecule is COc1cc(OC)cc(C2(Cl)C(C)(C)C2(C)C)c1. The molecule has 0 aromatic heterocycles. The Bertz CT molecular complexity index is 441. The van der Waals surface area contributed by atoms with E-state index in [-0.39, 0.29) is 15.7 Å². The lowest BCUT2D eigenvalue weighted by atomic mass is 10.0. The van der Waals surface area contributed by atoms with E-state index in [4.69, 9.17) is 21.1 Å². The van der Waals surface area contributed by atoms with Crippen LogP contribution in [0.2, 0.25) is 0 Å². The van der Waals surface area contributed by atoms with Crippen LogP contribution in [0.4, 0.5) is 0 Å². The summed E-state index contributed by atoms with van der Waals surface area (Å²) in [5.41, 5.74) is 1.15. The van der Waals surface area contributed by atoms with E-state index in [1.54, 1.807) is 14.2 Å². The molecule has 0 N–H and O–H groups in total. The Balaban J connectivity index is 2.53. The molecule has 100 valence electrons. The molecule has 0 amide bonds. The number of benzene rings is 1. The molecule has 1 aliphatic rings. The highest BCUT2D eigenvalue weighted by atomic mass is 35.5. The first-order valence-electron chi connectivity index (χ1n) is 6.15. The zero-order valence-electron chi connectivity index (χ0n) is 11.9. The summed E-state index contributed by atoms with van der Waals surface area (Å²) in [7, 11) is 3.31. The third-order valence-corrected chi connectivity index (χ3v) is 6.13. The fourth-order valence-electron chi connectivity index (χ4n) is 2.97. The first-order chi connectivity index (χ1) is 8.22. The quantitative estimate of drug-likeness (QED) is 0.765. The number of hydrogen-bond acceptors (Lipinski definition) is 2. The summed E-state index contributed by atoms with van der Waals surface area (Å²) >= 11 is 6.90. The monoisotopic (exact) mass is 268 g/mol. The van der Waals surface area contributed by atoms with Crippen LogP contribution in [-0.4, -0.2) is 14.2 Å². The average Bonchev–Trinajstić information content (AvgIpc) is 2.67. The molecule has 0 radical (unpaired) electrons. The first-order valence-corrected chi connectivity index (χ1v) is 6.52. The van der Waals surface area contributed by atoms with E-state index in [9.17, 15) is 0 Å². The third kappa shape index (κ3) is 1.41. The maximum absolute atomic E-state index is 6.90. The van der Waals surface area contributed by atoms with Crippen molar-refractivity contribution in [2.45, 2.75) is 32.6 Å². The minimum absolute atomic E-state index is 0.0406. The smallest absolute Gasteiger partial charge is 0.122 e. The molecule has 1 aromatic rings. The van der Waals surface area contributed by atoms with Gasteiger partial charge in [-0.2, -0.15) is 0 Å². The molecule has 1 saturated carbocycles. The minimum Gasteiger partial charge on any atom is -0.497 e. The second-order valence-electron chi connectivity index (χ2n) is 6.01. The summed E-state index contributed by atoms with van der Waals surface area (Å²) in [6.07, 6.45) is 0. The van der Waals surface area contributed by atoms with Gasteiger partial charge in [-0.1, -0.05) is 27.7 Å². The number of hydrogen-bond donors (Lipinski definition) is 0. The molecule has 1 aromatic carbocycles. The lowest BCUT2D eigenvalue weighted by Gasteiger charge is -2.16. The van der Waals surface area contributed by atoms with Crippen LogP contribution in [0.5, 0.6) is 11.5 Å². The molecule has 3 heteroatoms. The summed E-state index contributed by atoms with van der Waals surface area (Å²) in [4.78, 5) is -0.373. The second-order valence-corrected chi connectivity index (χ2v) is 6.58. The summed E-state index contributed by atoms with van der Waals surface area (Å²) in [6.45, 7) is 8.80. The second kappa shape index (κ2) is 3.80. The van der Waals surface area contributed by atoms with Gasteiger partial charge < -0.3 is 9.47 Å². The van der Waals surface area contributed by atoms with Crippen LogP contribution in [0.3, 0.4) is 0 Å². The molecule has 0 saturated heterocycles. The number of ether oxygens (including phenoxy) is 2. The third-order valence-electron chi connectivity index (χ3n) is 4.97. The first kappa shape index (κ1) is 13.5. The molecule has 0 unspecified atom stereocenters. The Morgan fingerprint density at radius 1 is 0.833 bits per heavy atom. The fourth-order valence-corrected chi connectivity index (χ4v) is 3.51. The van der Waals surface area contributed by atoms with E-state index in [0.29, 0.717) is 0 Å². The van der Waals surface area contributed by atoms with Gasteiger partial charge in [-0.3, -0.25) is 0 Å². The van der Waals surface area contributed by atoms with Crippen molar-refractivity contribution < 1.29 is 9.47 Å². The van der Waals surface area contributed by atoms with Crippen LogP contribution in [0.25, 0.3) is 0 Å². The molecule has 2 nitrogen and oxygen atoms in total. The van der Waals surface area contributed by atoms with Crippen molar-refractivity contribution in [3.8, 4) is 11.5 Å². The van der Waals surface area contributed by atoms with Crippen LogP contribution in [0, 0.1) is 10.8 Å². The van der Waals surface area contributed by atoms with Crippen LogP contribution in [0.15, 0.2) is 18.2 Å². The van der Waals surface area contributed by atoms with E-state index in [0.717, 1.165) is 17.1 Å². The van der Waals surface area contributed by atoms with E-state index in [2.05, 4.69) is 27.7 Å². The zero-order chi connectivity index (χ0) is 13.8. The van der Waals surface area contributed by atoms with Crippen molar-refractivity contribution >= 4 is 11.6 Å². The fraction of sp³-hybridized carbons (Fsp3) is 0.600. The largest absolute Gasteiger partial charge is 0.497 e. The van der Waals surface area contributed by atoms with Crippen molar-refractivity contribution in [3.05, 3.63) is 23.8 Å². The van der Waals surface area contributed by atoms with Crippen molar-refractivity contribution in [1.82, 2.24) is 0 Å². The van der Waals surface area contributed by atoms with Gasteiger partial charge in [0.1, 0.15) is 11.5 Å². The molecule has 0 atom stereocenters. The van der Waals surface area contributed by atoms with Crippen LogP contribution >= 0.6 is 11.6 Å². The Kier molecular flexibility index (Phi) is 2.86. The topological polar surface area (TPSA) is 18.5 Å². The zero-order valence-corrected chi connectivity index (χ0v) is 12.7. The molecule has 18 heavy (non-hydrogen) atoms. The predicted molar refractivity (Wildman–Crippen MR) is 74.6 cm³/mol. The van der Waals surface area contributed by atoms with Crippen LogP contribution in [-0.2, 0) is 4.87 Å². The molecule has 0 aliphatic heterocycles. The lowest BCUT2D eigenvalue weighted by Crippen LogP contribution is -2.08. The van der Waals surface area contributed by atoms with Crippen molar-refractivity contribution in [1.29, 1.82) is 0 Å². The Hall–Kier alpha value is -0.890. The lowest BCUT2D eigenvalue weighted by molar-refractivity contribution is 0.392. The molecule has 1 fully saturated rings. The Labute approximate surface area is 114 Å². The molecule has 0 spiro atoms. The van der Waals surface area contributed by atoms with Gasteiger partial charge in [0.15, 0.2) is 0 Å². The van der Waals surface area contributed by atoms with Crippen LogP contribution in [0.1, 0.15) is 33.3 Å². The van der Waals surface area contributed by atoms with Crippen molar-refractivity contribution in [2.75, 3.05) is 14.2 Å². The van der Waals surface area contributed by atoms with Gasteiger partial charge in [-0.25, -0.2) is 0 Å². The van der Waals surface area contributed by atoms with Gasteiger partial charge in [0.2, 0.25) is 0 Å². The normalized spacial score (nSPS) is 22.4. The van der Waals surface area contributed by atoms with Gasteiger partial charge in [0.05, 0.1) is 19.1 Å². The Morgan fingerprint density at radius 2 is 1.22 bits per heavy atom.